The number of hydrogen-bond donors (Lipinski definition) is 1. The fourth-order valence-corrected chi connectivity index (χ4v) is 1.68. The van der Waals surface area contributed by atoms with E-state index in [1.807, 2.05) is 0 Å². The number of rotatable bonds is 2. The maximum absolute atomic E-state index is 13.4. The molecule has 0 spiro atoms. The van der Waals surface area contributed by atoms with Gasteiger partial charge in [-0.2, -0.15) is 0 Å². The van der Waals surface area contributed by atoms with Crippen molar-refractivity contribution in [2.45, 2.75) is 19.3 Å². The summed E-state index contributed by atoms with van der Waals surface area (Å²) in [7, 11) is 0. The van der Waals surface area contributed by atoms with Crippen molar-refractivity contribution in [3.05, 3.63) is 28.0 Å². The van der Waals surface area contributed by atoms with E-state index in [2.05, 4.69) is 15.9 Å². The van der Waals surface area contributed by atoms with Gasteiger partial charge in [-0.05, 0) is 52.7 Å². The lowest BCUT2D eigenvalue weighted by Crippen LogP contribution is -1.92. The van der Waals surface area contributed by atoms with E-state index < -0.39 is 5.82 Å². The van der Waals surface area contributed by atoms with Gasteiger partial charge in [0.15, 0.2) is 11.6 Å². The van der Waals surface area contributed by atoms with Crippen LogP contribution in [0.4, 0.5) is 4.39 Å². The summed E-state index contributed by atoms with van der Waals surface area (Å²) in [6.07, 6.45) is 3.14. The van der Waals surface area contributed by atoms with Crippen molar-refractivity contribution in [2.75, 3.05) is 0 Å². The highest BCUT2D eigenvalue weighted by molar-refractivity contribution is 9.10. The molecule has 1 N–H and O–H groups in total. The molecular weight excluding hydrogens is 235 g/mol. The first kappa shape index (κ1) is 9.00. The highest BCUT2D eigenvalue weighted by atomic mass is 79.9. The maximum atomic E-state index is 13.4. The summed E-state index contributed by atoms with van der Waals surface area (Å²) in [6.45, 7) is 0. The second-order valence-corrected chi connectivity index (χ2v) is 4.37. The highest BCUT2D eigenvalue weighted by Crippen LogP contribution is 2.36. The molecule has 0 bridgehead atoms. The summed E-state index contributed by atoms with van der Waals surface area (Å²) in [5.41, 5.74) is 0.628. The van der Waals surface area contributed by atoms with E-state index in [0.29, 0.717) is 16.0 Å². The number of phenols is 1. The first-order valence-corrected chi connectivity index (χ1v) is 5.13. The van der Waals surface area contributed by atoms with E-state index in [1.54, 1.807) is 12.1 Å². The van der Waals surface area contributed by atoms with Crippen LogP contribution in [0.15, 0.2) is 16.6 Å². The standard InChI is InChI=1S/C10H10BrFO/c11-8-4-3-7(5-6-1-2-6)9(12)10(8)13/h3-4,6,13H,1-2,5H2. The van der Waals surface area contributed by atoms with Gasteiger partial charge < -0.3 is 5.11 Å². The minimum Gasteiger partial charge on any atom is -0.504 e. The molecule has 2 rings (SSSR count). The molecule has 0 amide bonds. The Bertz CT molecular complexity index is 334. The van der Waals surface area contributed by atoms with Crippen molar-refractivity contribution < 1.29 is 9.50 Å². The van der Waals surface area contributed by atoms with E-state index in [9.17, 15) is 9.50 Å². The van der Waals surface area contributed by atoms with Crippen molar-refractivity contribution in [2.24, 2.45) is 5.92 Å². The second-order valence-electron chi connectivity index (χ2n) is 3.52. The molecule has 1 aliphatic carbocycles. The van der Waals surface area contributed by atoms with Crippen LogP contribution < -0.4 is 0 Å². The molecule has 0 radical (unpaired) electrons. The SMILES string of the molecule is Oc1c(Br)ccc(CC2CC2)c1F. The summed E-state index contributed by atoms with van der Waals surface area (Å²) in [5, 5.41) is 9.30. The van der Waals surface area contributed by atoms with Gasteiger partial charge >= 0.3 is 0 Å². The predicted octanol–water partition coefficient (Wildman–Crippen LogP) is 3.25. The fourth-order valence-electron chi connectivity index (χ4n) is 1.37. The Morgan fingerprint density at radius 2 is 2.15 bits per heavy atom. The number of halogens is 2. The quantitative estimate of drug-likeness (QED) is 0.847. The van der Waals surface area contributed by atoms with Crippen molar-refractivity contribution >= 4 is 15.9 Å². The molecule has 1 fully saturated rings. The summed E-state index contributed by atoms with van der Waals surface area (Å²) < 4.78 is 13.8. The summed E-state index contributed by atoms with van der Waals surface area (Å²) in [6, 6.07) is 3.42. The number of aromatic hydroxyl groups is 1. The lowest BCUT2D eigenvalue weighted by Gasteiger charge is -2.04. The molecule has 1 aromatic carbocycles. The monoisotopic (exact) mass is 244 g/mol. The Balaban J connectivity index is 2.29. The van der Waals surface area contributed by atoms with Crippen LogP contribution in [0.25, 0.3) is 0 Å². The van der Waals surface area contributed by atoms with Gasteiger partial charge in [0.2, 0.25) is 0 Å². The number of benzene rings is 1. The predicted molar refractivity (Wildman–Crippen MR) is 52.2 cm³/mol. The zero-order valence-corrected chi connectivity index (χ0v) is 8.64. The van der Waals surface area contributed by atoms with Crippen LogP contribution in [0.5, 0.6) is 5.75 Å². The Kier molecular flexibility index (Phi) is 2.28. The van der Waals surface area contributed by atoms with Gasteiger partial charge in [0.25, 0.3) is 0 Å². The smallest absolute Gasteiger partial charge is 0.169 e. The molecule has 0 unspecified atom stereocenters. The first-order valence-electron chi connectivity index (χ1n) is 4.34. The molecule has 0 atom stereocenters. The Hall–Kier alpha value is -0.570. The molecule has 1 aromatic rings. The number of phenolic OH excluding ortho intramolecular Hbond substituents is 1. The Labute approximate surface area is 84.7 Å². The Morgan fingerprint density at radius 1 is 1.46 bits per heavy atom. The van der Waals surface area contributed by atoms with Gasteiger partial charge in [0.1, 0.15) is 0 Å². The molecule has 1 aliphatic rings. The van der Waals surface area contributed by atoms with Crippen LogP contribution in [0.1, 0.15) is 18.4 Å². The van der Waals surface area contributed by atoms with Gasteiger partial charge in [0.05, 0.1) is 4.47 Å². The first-order chi connectivity index (χ1) is 6.18. The minimum atomic E-state index is -0.471. The fraction of sp³-hybridized carbons (Fsp3) is 0.400. The highest BCUT2D eigenvalue weighted by Gasteiger charge is 2.23. The molecule has 0 aliphatic heterocycles. The summed E-state index contributed by atoms with van der Waals surface area (Å²) in [4.78, 5) is 0. The van der Waals surface area contributed by atoms with Crippen LogP contribution in [0.3, 0.4) is 0 Å². The van der Waals surface area contributed by atoms with E-state index in [0.717, 1.165) is 6.42 Å². The van der Waals surface area contributed by atoms with E-state index in [1.165, 1.54) is 12.8 Å². The van der Waals surface area contributed by atoms with Gasteiger partial charge in [-0.15, -0.1) is 0 Å². The number of hydrogen-bond acceptors (Lipinski definition) is 1. The average molecular weight is 245 g/mol. The van der Waals surface area contributed by atoms with Crippen LogP contribution in [-0.4, -0.2) is 5.11 Å². The Morgan fingerprint density at radius 3 is 2.77 bits per heavy atom. The molecule has 70 valence electrons. The van der Waals surface area contributed by atoms with Crippen molar-refractivity contribution in [3.63, 3.8) is 0 Å². The van der Waals surface area contributed by atoms with Gasteiger partial charge in [-0.1, -0.05) is 6.07 Å². The second kappa shape index (κ2) is 3.29. The summed E-state index contributed by atoms with van der Waals surface area (Å²) in [5.74, 6) is -0.102. The van der Waals surface area contributed by atoms with Gasteiger partial charge in [-0.3, -0.25) is 0 Å². The zero-order valence-electron chi connectivity index (χ0n) is 7.06. The molecule has 0 heterocycles. The van der Waals surface area contributed by atoms with E-state index in [4.69, 9.17) is 0 Å². The van der Waals surface area contributed by atoms with Crippen molar-refractivity contribution in [1.82, 2.24) is 0 Å². The van der Waals surface area contributed by atoms with Crippen molar-refractivity contribution in [1.29, 1.82) is 0 Å². The zero-order chi connectivity index (χ0) is 9.42. The summed E-state index contributed by atoms with van der Waals surface area (Å²) >= 11 is 3.07. The topological polar surface area (TPSA) is 20.2 Å². The van der Waals surface area contributed by atoms with Crippen LogP contribution in [0.2, 0.25) is 0 Å². The molecule has 0 saturated heterocycles. The van der Waals surface area contributed by atoms with Gasteiger partial charge in [0, 0.05) is 0 Å². The molecule has 3 heteroatoms. The third-order valence-corrected chi connectivity index (χ3v) is 2.99. The third kappa shape index (κ3) is 1.85. The third-order valence-electron chi connectivity index (χ3n) is 2.35. The molecular formula is C10H10BrFO. The van der Waals surface area contributed by atoms with Crippen LogP contribution >= 0.6 is 15.9 Å². The van der Waals surface area contributed by atoms with Gasteiger partial charge in [-0.25, -0.2) is 4.39 Å². The van der Waals surface area contributed by atoms with E-state index >= 15 is 0 Å². The molecule has 1 nitrogen and oxygen atoms in total. The average Bonchev–Trinajstić information content (AvgIpc) is 2.90. The lowest BCUT2D eigenvalue weighted by molar-refractivity contribution is 0.424. The largest absolute Gasteiger partial charge is 0.504 e. The van der Waals surface area contributed by atoms with Crippen LogP contribution in [0, 0.1) is 11.7 Å². The van der Waals surface area contributed by atoms with Crippen LogP contribution in [-0.2, 0) is 6.42 Å². The van der Waals surface area contributed by atoms with Crippen molar-refractivity contribution in [3.8, 4) is 5.75 Å². The maximum Gasteiger partial charge on any atom is 0.169 e. The molecule has 13 heavy (non-hydrogen) atoms. The molecule has 0 aromatic heterocycles. The van der Waals surface area contributed by atoms with E-state index in [-0.39, 0.29) is 5.75 Å². The minimum absolute atomic E-state index is 0.266. The molecule has 1 saturated carbocycles. The lowest BCUT2D eigenvalue weighted by atomic mass is 10.1. The normalized spacial score (nSPS) is 16.2.